The zero-order valence-corrected chi connectivity index (χ0v) is 16.1. The van der Waals surface area contributed by atoms with E-state index in [1.54, 1.807) is 6.92 Å². The maximum atomic E-state index is 12.2. The lowest BCUT2D eigenvalue weighted by Gasteiger charge is -2.16. The van der Waals surface area contributed by atoms with Gasteiger partial charge in [-0.1, -0.05) is 30.3 Å². The number of amides is 1. The molecule has 0 radical (unpaired) electrons. The van der Waals surface area contributed by atoms with Crippen LogP contribution in [0, 0.1) is 6.92 Å². The number of ether oxygens (including phenoxy) is 2. The second-order valence-electron chi connectivity index (χ2n) is 6.73. The molecule has 0 aliphatic heterocycles. The van der Waals surface area contributed by atoms with Crippen LogP contribution in [0.2, 0.25) is 0 Å². The smallest absolute Gasteiger partial charge is 0.260 e. The second kappa shape index (κ2) is 9.85. The summed E-state index contributed by atoms with van der Waals surface area (Å²) in [6.45, 7) is 8.39. The molecule has 0 saturated heterocycles. The van der Waals surface area contributed by atoms with E-state index in [-0.39, 0.29) is 12.0 Å². The first-order chi connectivity index (χ1) is 12.5. The number of para-hydroxylation sites is 1. The van der Waals surface area contributed by atoms with E-state index in [2.05, 4.69) is 17.4 Å². The van der Waals surface area contributed by atoms with Crippen LogP contribution in [0.1, 0.15) is 38.3 Å². The lowest BCUT2D eigenvalue weighted by molar-refractivity contribution is -0.127. The average Bonchev–Trinajstić information content (AvgIpc) is 2.60. The van der Waals surface area contributed by atoms with Gasteiger partial charge in [0.1, 0.15) is 11.5 Å². The largest absolute Gasteiger partial charge is 0.491 e. The van der Waals surface area contributed by atoms with Crippen molar-refractivity contribution in [3.05, 3.63) is 59.7 Å². The zero-order valence-electron chi connectivity index (χ0n) is 16.1. The monoisotopic (exact) mass is 355 g/mol. The summed E-state index contributed by atoms with van der Waals surface area (Å²) in [5.74, 6) is 1.55. The Bertz CT molecular complexity index is 712. The van der Waals surface area contributed by atoms with Gasteiger partial charge in [-0.2, -0.15) is 0 Å². The first-order valence-corrected chi connectivity index (χ1v) is 9.21. The Morgan fingerprint density at radius 3 is 2.54 bits per heavy atom. The number of hydrogen-bond donors (Lipinski definition) is 1. The maximum absolute atomic E-state index is 12.2. The molecule has 4 heteroatoms. The fraction of sp³-hybridized carbons (Fsp3) is 0.409. The Morgan fingerprint density at radius 2 is 1.81 bits per heavy atom. The van der Waals surface area contributed by atoms with Gasteiger partial charge >= 0.3 is 0 Å². The van der Waals surface area contributed by atoms with Crippen molar-refractivity contribution in [1.82, 2.24) is 5.32 Å². The van der Waals surface area contributed by atoms with Crippen LogP contribution in [0.3, 0.4) is 0 Å². The lowest BCUT2D eigenvalue weighted by Crippen LogP contribution is -2.37. The third-order valence-electron chi connectivity index (χ3n) is 3.98. The Hall–Kier alpha value is -2.49. The minimum Gasteiger partial charge on any atom is -0.491 e. The summed E-state index contributed by atoms with van der Waals surface area (Å²) in [6, 6.07) is 15.8. The van der Waals surface area contributed by atoms with E-state index in [0.29, 0.717) is 6.54 Å². The van der Waals surface area contributed by atoms with Gasteiger partial charge in [-0.25, -0.2) is 0 Å². The minimum atomic E-state index is -0.515. The highest BCUT2D eigenvalue weighted by atomic mass is 16.5. The number of hydrogen-bond acceptors (Lipinski definition) is 3. The number of rotatable bonds is 9. The van der Waals surface area contributed by atoms with Crippen LogP contribution in [0.4, 0.5) is 0 Å². The molecule has 1 atom stereocenters. The predicted octanol–water partition coefficient (Wildman–Crippen LogP) is 4.30. The van der Waals surface area contributed by atoms with Gasteiger partial charge in [0.15, 0.2) is 6.10 Å². The highest BCUT2D eigenvalue weighted by Gasteiger charge is 2.14. The molecule has 0 aromatic heterocycles. The molecule has 0 aliphatic carbocycles. The van der Waals surface area contributed by atoms with Crippen LogP contribution >= 0.6 is 0 Å². The molecule has 140 valence electrons. The van der Waals surface area contributed by atoms with E-state index in [4.69, 9.17) is 9.47 Å². The molecule has 2 rings (SSSR count). The van der Waals surface area contributed by atoms with Gasteiger partial charge in [-0.3, -0.25) is 4.79 Å². The minimum absolute atomic E-state index is 0.0925. The average molecular weight is 355 g/mol. The van der Waals surface area contributed by atoms with E-state index in [9.17, 15) is 4.79 Å². The van der Waals surface area contributed by atoms with Gasteiger partial charge in [0.25, 0.3) is 5.91 Å². The molecule has 0 bridgehead atoms. The molecule has 1 N–H and O–H groups in total. The van der Waals surface area contributed by atoms with Crippen molar-refractivity contribution in [1.29, 1.82) is 0 Å². The van der Waals surface area contributed by atoms with Crippen molar-refractivity contribution in [2.24, 2.45) is 0 Å². The second-order valence-corrected chi connectivity index (χ2v) is 6.73. The van der Waals surface area contributed by atoms with Crippen LogP contribution < -0.4 is 14.8 Å². The molecule has 0 heterocycles. The standard InChI is InChI=1S/C22H29NO3/c1-16(2)25-20-12-7-10-19(15-20)11-8-14-23-22(24)18(4)26-21-13-6-5-9-17(21)3/h5-7,9-10,12-13,15-16,18H,8,11,14H2,1-4H3,(H,23,24)/t18-/m0/s1. The van der Waals surface area contributed by atoms with Crippen molar-refractivity contribution in [2.75, 3.05) is 6.54 Å². The van der Waals surface area contributed by atoms with Crippen molar-refractivity contribution >= 4 is 5.91 Å². The summed E-state index contributed by atoms with van der Waals surface area (Å²) in [7, 11) is 0. The molecule has 2 aromatic carbocycles. The first-order valence-electron chi connectivity index (χ1n) is 9.21. The van der Waals surface area contributed by atoms with Gasteiger partial charge in [-0.05, 0) is 69.9 Å². The number of aryl methyl sites for hydroxylation is 2. The predicted molar refractivity (Wildman–Crippen MR) is 105 cm³/mol. The van der Waals surface area contributed by atoms with Crippen LogP contribution in [0.25, 0.3) is 0 Å². The van der Waals surface area contributed by atoms with Crippen LogP contribution in [-0.4, -0.2) is 24.7 Å². The number of benzene rings is 2. The third-order valence-corrected chi connectivity index (χ3v) is 3.98. The van der Waals surface area contributed by atoms with Crippen molar-refractivity contribution in [2.45, 2.75) is 52.7 Å². The van der Waals surface area contributed by atoms with Gasteiger partial charge in [0, 0.05) is 6.54 Å². The summed E-state index contributed by atoms with van der Waals surface area (Å²) in [5, 5.41) is 2.94. The third kappa shape index (κ3) is 6.43. The molecule has 0 saturated carbocycles. The van der Waals surface area contributed by atoms with Crippen LogP contribution in [0.5, 0.6) is 11.5 Å². The first kappa shape index (κ1) is 19.8. The quantitative estimate of drug-likeness (QED) is 0.682. The van der Waals surface area contributed by atoms with E-state index in [1.165, 1.54) is 5.56 Å². The Kier molecular flexibility index (Phi) is 7.52. The lowest BCUT2D eigenvalue weighted by atomic mass is 10.1. The summed E-state index contributed by atoms with van der Waals surface area (Å²) in [4.78, 5) is 12.2. The topological polar surface area (TPSA) is 47.6 Å². The van der Waals surface area contributed by atoms with E-state index in [1.807, 2.05) is 57.2 Å². The normalized spacial score (nSPS) is 11.9. The zero-order chi connectivity index (χ0) is 18.9. The van der Waals surface area contributed by atoms with Gasteiger partial charge in [0.05, 0.1) is 6.10 Å². The Labute approximate surface area is 156 Å². The van der Waals surface area contributed by atoms with Crippen molar-refractivity contribution < 1.29 is 14.3 Å². The van der Waals surface area contributed by atoms with Gasteiger partial charge in [0.2, 0.25) is 0 Å². The van der Waals surface area contributed by atoms with Gasteiger partial charge < -0.3 is 14.8 Å². The molecule has 0 aliphatic rings. The van der Waals surface area contributed by atoms with E-state index >= 15 is 0 Å². The molecule has 2 aromatic rings. The summed E-state index contributed by atoms with van der Waals surface area (Å²) in [6.07, 6.45) is 1.41. The van der Waals surface area contributed by atoms with Crippen LogP contribution in [-0.2, 0) is 11.2 Å². The Morgan fingerprint density at radius 1 is 1.04 bits per heavy atom. The number of carbonyl (C=O) groups excluding carboxylic acids is 1. The molecular formula is C22H29NO3. The van der Waals surface area contributed by atoms with Crippen molar-refractivity contribution in [3.8, 4) is 11.5 Å². The molecule has 0 unspecified atom stereocenters. The van der Waals surface area contributed by atoms with E-state index in [0.717, 1.165) is 29.9 Å². The molecule has 4 nitrogen and oxygen atoms in total. The Balaban J connectivity index is 1.73. The summed E-state index contributed by atoms with van der Waals surface area (Å²) >= 11 is 0. The highest BCUT2D eigenvalue weighted by Crippen LogP contribution is 2.18. The van der Waals surface area contributed by atoms with E-state index < -0.39 is 6.10 Å². The van der Waals surface area contributed by atoms with Crippen LogP contribution in [0.15, 0.2) is 48.5 Å². The maximum Gasteiger partial charge on any atom is 0.260 e. The fourth-order valence-corrected chi connectivity index (χ4v) is 2.63. The SMILES string of the molecule is Cc1ccccc1O[C@@H](C)C(=O)NCCCc1cccc(OC(C)C)c1. The molecule has 26 heavy (non-hydrogen) atoms. The molecule has 0 fully saturated rings. The number of nitrogens with one attached hydrogen (secondary N) is 1. The summed E-state index contributed by atoms with van der Waals surface area (Å²) in [5.41, 5.74) is 2.23. The molecule has 0 spiro atoms. The molecular weight excluding hydrogens is 326 g/mol. The number of carbonyl (C=O) groups is 1. The molecule has 1 amide bonds. The fourth-order valence-electron chi connectivity index (χ4n) is 2.63. The van der Waals surface area contributed by atoms with Crippen molar-refractivity contribution in [3.63, 3.8) is 0 Å². The highest BCUT2D eigenvalue weighted by molar-refractivity contribution is 5.80. The van der Waals surface area contributed by atoms with Gasteiger partial charge in [-0.15, -0.1) is 0 Å². The summed E-state index contributed by atoms with van der Waals surface area (Å²) < 4.78 is 11.5.